The second kappa shape index (κ2) is 5.91. The van der Waals surface area contributed by atoms with E-state index in [0.717, 1.165) is 11.8 Å². The van der Waals surface area contributed by atoms with Gasteiger partial charge in [-0.15, -0.1) is 0 Å². The molecule has 1 aromatic rings. The molecule has 1 aromatic heterocycles. The molecule has 0 fully saturated rings. The molecule has 0 spiro atoms. The van der Waals surface area contributed by atoms with E-state index < -0.39 is 11.2 Å². The number of ether oxygens (including phenoxy) is 1. The number of carboxylic acids is 1. The molecule has 1 rings (SSSR count). The molecule has 7 heteroatoms. The molecular weight excluding hydrogens is 252 g/mol. The minimum absolute atomic E-state index is 0.173. The third kappa shape index (κ3) is 3.24. The molecule has 1 heterocycles. The van der Waals surface area contributed by atoms with Gasteiger partial charge in [0, 0.05) is 0 Å². The van der Waals surface area contributed by atoms with Crippen molar-refractivity contribution < 1.29 is 14.6 Å². The van der Waals surface area contributed by atoms with Crippen LogP contribution in [0.1, 0.15) is 13.3 Å². The lowest BCUT2D eigenvalue weighted by atomic mass is 10.3. The topological polar surface area (TPSA) is 72.3 Å². The van der Waals surface area contributed by atoms with Gasteiger partial charge in [0.15, 0.2) is 0 Å². The van der Waals surface area contributed by atoms with Gasteiger partial charge in [-0.1, -0.05) is 30.3 Å². The molecule has 0 aliphatic heterocycles. The van der Waals surface area contributed by atoms with E-state index in [2.05, 4.69) is 9.97 Å². The Morgan fingerprint density at radius 2 is 2.44 bits per heavy atom. The maximum atomic E-state index is 10.9. The molecule has 0 bridgehead atoms. The van der Waals surface area contributed by atoms with E-state index in [0.29, 0.717) is 16.5 Å². The highest BCUT2D eigenvalue weighted by atomic mass is 35.5. The van der Waals surface area contributed by atoms with Gasteiger partial charge < -0.3 is 9.84 Å². The summed E-state index contributed by atoms with van der Waals surface area (Å²) in [6.07, 6.45) is 1.88. The van der Waals surface area contributed by atoms with Crippen LogP contribution < -0.4 is 4.74 Å². The Labute approximate surface area is 102 Å². The van der Waals surface area contributed by atoms with Gasteiger partial charge in [0.2, 0.25) is 0 Å². The van der Waals surface area contributed by atoms with Crippen LogP contribution in [0, 0.1) is 0 Å². The summed E-state index contributed by atoms with van der Waals surface area (Å²) in [5.74, 6) is -0.888. The first-order valence-electron chi connectivity index (χ1n) is 4.54. The molecule has 88 valence electrons. The van der Waals surface area contributed by atoms with Crippen LogP contribution in [0.2, 0.25) is 5.02 Å². The number of thioether (sulfide) groups is 1. The van der Waals surface area contributed by atoms with Crippen molar-refractivity contribution in [2.24, 2.45) is 0 Å². The van der Waals surface area contributed by atoms with Gasteiger partial charge in [-0.2, -0.15) is 4.98 Å². The third-order valence-electron chi connectivity index (χ3n) is 1.77. The molecule has 0 saturated carbocycles. The largest absolute Gasteiger partial charge is 0.480 e. The Morgan fingerprint density at radius 3 is 2.94 bits per heavy atom. The first-order chi connectivity index (χ1) is 7.58. The Hall–Kier alpha value is -1.01. The van der Waals surface area contributed by atoms with Gasteiger partial charge in [-0.3, -0.25) is 4.79 Å². The van der Waals surface area contributed by atoms with Crippen LogP contribution in [0.3, 0.4) is 0 Å². The van der Waals surface area contributed by atoms with Crippen LogP contribution >= 0.6 is 23.4 Å². The van der Waals surface area contributed by atoms with Gasteiger partial charge in [0.1, 0.15) is 10.3 Å². The highest BCUT2D eigenvalue weighted by Crippen LogP contribution is 2.30. The highest BCUT2D eigenvalue weighted by Gasteiger charge is 2.19. The van der Waals surface area contributed by atoms with Crippen molar-refractivity contribution in [1.29, 1.82) is 0 Å². The monoisotopic (exact) mass is 262 g/mol. The fraction of sp³-hybridized carbons (Fsp3) is 0.444. The molecule has 0 radical (unpaired) electrons. The van der Waals surface area contributed by atoms with Crippen LogP contribution in [0.25, 0.3) is 0 Å². The number of hydrogen-bond donors (Lipinski definition) is 1. The van der Waals surface area contributed by atoms with Crippen LogP contribution in [0.5, 0.6) is 6.01 Å². The van der Waals surface area contributed by atoms with Crippen LogP contribution in [-0.4, -0.2) is 33.4 Å². The summed E-state index contributed by atoms with van der Waals surface area (Å²) in [5, 5.41) is 9.09. The highest BCUT2D eigenvalue weighted by molar-refractivity contribution is 8.00. The van der Waals surface area contributed by atoms with Crippen molar-refractivity contribution in [3.05, 3.63) is 11.2 Å². The predicted octanol–water partition coefficient (Wildman–Crippen LogP) is 2.09. The fourth-order valence-electron chi connectivity index (χ4n) is 0.960. The van der Waals surface area contributed by atoms with Crippen LogP contribution in [0.15, 0.2) is 11.2 Å². The van der Waals surface area contributed by atoms with Crippen molar-refractivity contribution >= 4 is 29.3 Å². The molecule has 16 heavy (non-hydrogen) atoms. The standard InChI is InChI=1S/C9H11ClN2O3S/c1-3-6(8(13)14)16-7-5(10)4-11-9(12-7)15-2/h4,6H,3H2,1-2H3,(H,13,14). The number of halogens is 1. The number of nitrogens with zero attached hydrogens (tertiary/aromatic N) is 2. The summed E-state index contributed by atoms with van der Waals surface area (Å²) in [5.41, 5.74) is 0. The molecular formula is C9H11ClN2O3S. The zero-order valence-electron chi connectivity index (χ0n) is 8.81. The first kappa shape index (κ1) is 13.1. The second-order valence-electron chi connectivity index (χ2n) is 2.86. The van der Waals surface area contributed by atoms with Gasteiger partial charge in [0.25, 0.3) is 0 Å². The maximum absolute atomic E-state index is 10.9. The van der Waals surface area contributed by atoms with Crippen molar-refractivity contribution in [3.63, 3.8) is 0 Å². The lowest BCUT2D eigenvalue weighted by Gasteiger charge is -2.09. The minimum atomic E-state index is -0.888. The molecule has 1 atom stereocenters. The fourth-order valence-corrected chi connectivity index (χ4v) is 2.02. The van der Waals surface area contributed by atoms with Gasteiger partial charge in [0.05, 0.1) is 18.3 Å². The summed E-state index contributed by atoms with van der Waals surface area (Å²) < 4.78 is 4.84. The zero-order valence-corrected chi connectivity index (χ0v) is 10.4. The van der Waals surface area contributed by atoms with Crippen LogP contribution in [0.4, 0.5) is 0 Å². The lowest BCUT2D eigenvalue weighted by Crippen LogP contribution is -2.15. The Bertz CT molecular complexity index is 389. The number of hydrogen-bond acceptors (Lipinski definition) is 5. The van der Waals surface area contributed by atoms with Crippen molar-refractivity contribution in [1.82, 2.24) is 9.97 Å². The lowest BCUT2D eigenvalue weighted by molar-refractivity contribution is -0.136. The van der Waals surface area contributed by atoms with Gasteiger partial charge in [-0.05, 0) is 6.42 Å². The summed E-state index contributed by atoms with van der Waals surface area (Å²) in [6, 6.07) is 0.173. The Morgan fingerprint density at radius 1 is 1.75 bits per heavy atom. The predicted molar refractivity (Wildman–Crippen MR) is 61.2 cm³/mol. The molecule has 0 aromatic carbocycles. The summed E-state index contributed by atoms with van der Waals surface area (Å²) in [6.45, 7) is 1.79. The number of aliphatic carboxylic acids is 1. The van der Waals surface area contributed by atoms with Crippen molar-refractivity contribution in [2.45, 2.75) is 23.6 Å². The zero-order chi connectivity index (χ0) is 12.1. The van der Waals surface area contributed by atoms with Gasteiger partial charge >= 0.3 is 12.0 Å². The number of methoxy groups -OCH3 is 1. The SMILES string of the molecule is CCC(Sc1nc(OC)ncc1Cl)C(=O)O. The van der Waals surface area contributed by atoms with E-state index in [1.807, 2.05) is 0 Å². The molecule has 1 unspecified atom stereocenters. The summed E-state index contributed by atoms with van der Waals surface area (Å²) in [4.78, 5) is 18.7. The van der Waals surface area contributed by atoms with E-state index in [1.54, 1.807) is 6.92 Å². The average molecular weight is 263 g/mol. The number of rotatable bonds is 5. The van der Waals surface area contributed by atoms with Crippen molar-refractivity contribution in [3.8, 4) is 6.01 Å². The number of carboxylic acid groups (broad SMARTS) is 1. The first-order valence-corrected chi connectivity index (χ1v) is 5.80. The molecule has 0 amide bonds. The molecule has 0 aliphatic carbocycles. The smallest absolute Gasteiger partial charge is 0.317 e. The van der Waals surface area contributed by atoms with Crippen LogP contribution in [-0.2, 0) is 4.79 Å². The summed E-state index contributed by atoms with van der Waals surface area (Å²) in [7, 11) is 1.44. The van der Waals surface area contributed by atoms with Gasteiger partial charge in [-0.25, -0.2) is 4.98 Å². The normalized spacial score (nSPS) is 12.2. The van der Waals surface area contributed by atoms with E-state index >= 15 is 0 Å². The quantitative estimate of drug-likeness (QED) is 0.647. The Balaban J connectivity index is 2.90. The molecule has 0 aliphatic rings. The maximum Gasteiger partial charge on any atom is 0.317 e. The Kier molecular flexibility index (Phi) is 4.82. The number of aromatic nitrogens is 2. The second-order valence-corrected chi connectivity index (χ2v) is 4.46. The number of carbonyl (C=O) groups is 1. The average Bonchev–Trinajstić information content (AvgIpc) is 2.27. The molecule has 1 N–H and O–H groups in total. The minimum Gasteiger partial charge on any atom is -0.480 e. The molecule has 0 saturated heterocycles. The van der Waals surface area contributed by atoms with E-state index in [-0.39, 0.29) is 6.01 Å². The van der Waals surface area contributed by atoms with E-state index in [9.17, 15) is 4.79 Å². The van der Waals surface area contributed by atoms with E-state index in [1.165, 1.54) is 13.3 Å². The third-order valence-corrected chi connectivity index (χ3v) is 3.52. The van der Waals surface area contributed by atoms with E-state index in [4.69, 9.17) is 21.4 Å². The van der Waals surface area contributed by atoms with Crippen molar-refractivity contribution in [2.75, 3.05) is 7.11 Å². The molecule has 5 nitrogen and oxygen atoms in total. The summed E-state index contributed by atoms with van der Waals surface area (Å²) >= 11 is 6.95.